The smallest absolute Gasteiger partial charge is 0.163 e. The maximum atomic E-state index is 13.5. The molecule has 3 aromatic rings. The quantitative estimate of drug-likeness (QED) is 0.412. The van der Waals surface area contributed by atoms with Crippen molar-refractivity contribution >= 4 is 44.7 Å². The van der Waals surface area contributed by atoms with E-state index >= 15 is 0 Å². The molecule has 0 amide bonds. The lowest BCUT2D eigenvalue weighted by molar-refractivity contribution is -0.116. The lowest BCUT2D eigenvalue weighted by Gasteiger charge is -2.30. The maximum absolute atomic E-state index is 13.5. The van der Waals surface area contributed by atoms with Crippen LogP contribution in [0, 0.1) is 0 Å². The highest BCUT2D eigenvalue weighted by Crippen LogP contribution is 2.44. The Morgan fingerprint density at radius 3 is 2.40 bits per heavy atom. The van der Waals surface area contributed by atoms with Crippen molar-refractivity contribution in [1.29, 1.82) is 0 Å². The molecule has 0 unspecified atom stereocenters. The Bertz CT molecular complexity index is 1160. The summed E-state index contributed by atoms with van der Waals surface area (Å²) in [5.41, 5.74) is 6.02. The van der Waals surface area contributed by atoms with Gasteiger partial charge in [0.2, 0.25) is 0 Å². The molecule has 3 nitrogen and oxygen atoms in total. The van der Waals surface area contributed by atoms with Gasteiger partial charge in [0.15, 0.2) is 5.78 Å². The minimum absolute atomic E-state index is 0.134. The van der Waals surface area contributed by atoms with Gasteiger partial charge in [-0.1, -0.05) is 63.9 Å². The number of benzene rings is 3. The number of allylic oxidation sites excluding steroid dienone is 1. The molecule has 5 heteroatoms. The number of Topliss-reactive ketones (excluding diaryl/α,β-unsaturated/α-hetero) is 1. The number of hydrogen-bond acceptors (Lipinski definition) is 3. The molecule has 5 rings (SSSR count). The van der Waals surface area contributed by atoms with Crippen molar-refractivity contribution in [2.75, 3.05) is 10.6 Å². The Kier molecular flexibility index (Phi) is 5.13. The molecule has 150 valence electrons. The van der Waals surface area contributed by atoms with Crippen LogP contribution in [0.2, 0.25) is 5.02 Å². The molecule has 0 aromatic heterocycles. The predicted octanol–water partition coefficient (Wildman–Crippen LogP) is 7.08. The molecule has 0 saturated heterocycles. The van der Waals surface area contributed by atoms with Crippen LogP contribution >= 0.6 is 27.5 Å². The number of fused-ring (bicyclic) bond motifs is 1. The van der Waals surface area contributed by atoms with Gasteiger partial charge in [-0.25, -0.2) is 0 Å². The molecule has 0 spiro atoms. The van der Waals surface area contributed by atoms with Gasteiger partial charge in [-0.15, -0.1) is 0 Å². The molecule has 0 radical (unpaired) electrons. The lowest BCUT2D eigenvalue weighted by atomic mass is 9.78. The van der Waals surface area contributed by atoms with E-state index in [1.165, 1.54) is 0 Å². The molecule has 2 aliphatic rings. The Morgan fingerprint density at radius 2 is 1.63 bits per heavy atom. The van der Waals surface area contributed by atoms with Crippen molar-refractivity contribution < 1.29 is 4.79 Å². The molecule has 1 aliphatic carbocycles. The fraction of sp³-hybridized carbons (Fsp3) is 0.160. The zero-order valence-electron chi connectivity index (χ0n) is 16.2. The van der Waals surface area contributed by atoms with Gasteiger partial charge in [0.1, 0.15) is 0 Å². The second-order valence-electron chi connectivity index (χ2n) is 7.78. The van der Waals surface area contributed by atoms with Crippen LogP contribution in [0.1, 0.15) is 35.9 Å². The molecular formula is C25H20BrClN2O. The van der Waals surface area contributed by atoms with Crippen LogP contribution in [-0.2, 0) is 4.79 Å². The maximum Gasteiger partial charge on any atom is 0.163 e. The summed E-state index contributed by atoms with van der Waals surface area (Å²) >= 11 is 9.64. The van der Waals surface area contributed by atoms with Crippen LogP contribution in [0.15, 0.2) is 88.5 Å². The van der Waals surface area contributed by atoms with Crippen molar-refractivity contribution in [2.24, 2.45) is 0 Å². The summed E-state index contributed by atoms with van der Waals surface area (Å²) in [6.07, 6.45) is 1.27. The first-order valence-corrected chi connectivity index (χ1v) is 11.2. The van der Waals surface area contributed by atoms with E-state index in [1.807, 2.05) is 60.7 Å². The van der Waals surface area contributed by atoms with E-state index < -0.39 is 0 Å². The molecule has 2 N–H and O–H groups in total. The number of carbonyl (C=O) groups is 1. The van der Waals surface area contributed by atoms with Gasteiger partial charge in [0, 0.05) is 27.2 Å². The molecule has 3 aromatic carbocycles. The van der Waals surface area contributed by atoms with Crippen LogP contribution in [0.4, 0.5) is 11.4 Å². The highest BCUT2D eigenvalue weighted by Gasteiger charge is 2.36. The van der Waals surface area contributed by atoms with Crippen LogP contribution in [-0.4, -0.2) is 5.78 Å². The normalized spacial score (nSPS) is 20.5. The zero-order valence-corrected chi connectivity index (χ0v) is 18.5. The Hall–Kier alpha value is -2.56. The second kappa shape index (κ2) is 7.93. The number of para-hydroxylation sites is 2. The first-order chi connectivity index (χ1) is 14.6. The summed E-state index contributed by atoms with van der Waals surface area (Å²) in [4.78, 5) is 13.5. The topological polar surface area (TPSA) is 41.1 Å². The predicted molar refractivity (Wildman–Crippen MR) is 126 cm³/mol. The number of anilines is 2. The van der Waals surface area contributed by atoms with Gasteiger partial charge < -0.3 is 10.6 Å². The molecule has 0 saturated carbocycles. The minimum atomic E-state index is -0.202. The molecular weight excluding hydrogens is 460 g/mol. The number of rotatable bonds is 2. The van der Waals surface area contributed by atoms with Crippen molar-refractivity contribution in [3.8, 4) is 0 Å². The van der Waals surface area contributed by atoms with E-state index in [-0.39, 0.29) is 17.7 Å². The van der Waals surface area contributed by atoms with Gasteiger partial charge in [-0.05, 0) is 59.9 Å². The fourth-order valence-corrected chi connectivity index (χ4v) is 4.94. The average Bonchev–Trinajstić information content (AvgIpc) is 2.91. The number of halogens is 2. The summed E-state index contributed by atoms with van der Waals surface area (Å²) in [6.45, 7) is 0. The van der Waals surface area contributed by atoms with E-state index in [1.54, 1.807) is 0 Å². The van der Waals surface area contributed by atoms with Gasteiger partial charge in [0.05, 0.1) is 17.4 Å². The van der Waals surface area contributed by atoms with Crippen LogP contribution in [0.5, 0.6) is 0 Å². The van der Waals surface area contributed by atoms with Crippen molar-refractivity contribution in [2.45, 2.75) is 24.8 Å². The Morgan fingerprint density at radius 1 is 0.867 bits per heavy atom. The summed E-state index contributed by atoms with van der Waals surface area (Å²) in [5, 5.41) is 7.90. The third-order valence-electron chi connectivity index (χ3n) is 5.83. The van der Waals surface area contributed by atoms with Crippen molar-refractivity contribution in [3.05, 3.63) is 105 Å². The van der Waals surface area contributed by atoms with Gasteiger partial charge >= 0.3 is 0 Å². The third-order valence-corrected chi connectivity index (χ3v) is 6.58. The summed E-state index contributed by atoms with van der Waals surface area (Å²) in [5.74, 6) is 0.309. The van der Waals surface area contributed by atoms with Crippen molar-refractivity contribution in [3.63, 3.8) is 0 Å². The SMILES string of the molecule is O=C1C[C@H](c2ccc(Cl)cc2)CC2=C1[C@H](c1cccc(Br)c1)Nc1ccccc1N2. The monoisotopic (exact) mass is 478 g/mol. The third kappa shape index (κ3) is 3.66. The van der Waals surface area contributed by atoms with Crippen LogP contribution in [0.3, 0.4) is 0 Å². The lowest BCUT2D eigenvalue weighted by Crippen LogP contribution is -2.26. The molecule has 1 heterocycles. The van der Waals surface area contributed by atoms with E-state index in [9.17, 15) is 4.79 Å². The van der Waals surface area contributed by atoms with Crippen LogP contribution < -0.4 is 10.6 Å². The number of hydrogen-bond donors (Lipinski definition) is 2. The average molecular weight is 480 g/mol. The minimum Gasteiger partial charge on any atom is -0.372 e. The van der Waals surface area contributed by atoms with Gasteiger partial charge in [-0.2, -0.15) is 0 Å². The number of ketones is 1. The van der Waals surface area contributed by atoms with Crippen LogP contribution in [0.25, 0.3) is 0 Å². The first-order valence-electron chi connectivity index (χ1n) is 9.98. The zero-order chi connectivity index (χ0) is 20.7. The highest BCUT2D eigenvalue weighted by atomic mass is 79.9. The molecule has 30 heavy (non-hydrogen) atoms. The van der Waals surface area contributed by atoms with E-state index in [2.05, 4.69) is 38.7 Å². The number of nitrogens with one attached hydrogen (secondary N) is 2. The van der Waals surface area contributed by atoms with Gasteiger partial charge in [0.25, 0.3) is 0 Å². The molecule has 1 aliphatic heterocycles. The Labute approximate surface area is 189 Å². The molecule has 0 bridgehead atoms. The van der Waals surface area contributed by atoms with E-state index in [0.29, 0.717) is 11.4 Å². The van der Waals surface area contributed by atoms with Crippen molar-refractivity contribution in [1.82, 2.24) is 0 Å². The summed E-state index contributed by atoms with van der Waals surface area (Å²) in [7, 11) is 0. The largest absolute Gasteiger partial charge is 0.372 e. The number of carbonyl (C=O) groups excluding carboxylic acids is 1. The van der Waals surface area contributed by atoms with E-state index in [0.717, 1.165) is 44.7 Å². The van der Waals surface area contributed by atoms with Gasteiger partial charge in [-0.3, -0.25) is 4.79 Å². The standard InChI is InChI=1S/C25H20BrClN2O/c26-18-5-3-4-16(12-18)25-24-22(28-20-6-1-2-7-21(20)29-25)13-17(14-23(24)30)15-8-10-19(27)11-9-15/h1-12,17,25,28-29H,13-14H2/t17-,25+/m1/s1. The summed E-state index contributed by atoms with van der Waals surface area (Å²) in [6, 6.07) is 23.9. The van der Waals surface area contributed by atoms with E-state index in [4.69, 9.17) is 11.6 Å². The Balaban J connectivity index is 1.61. The highest BCUT2D eigenvalue weighted by molar-refractivity contribution is 9.10. The fourth-order valence-electron chi connectivity index (χ4n) is 4.40. The first kappa shape index (κ1) is 19.4. The molecule has 0 fully saturated rings. The molecule has 2 atom stereocenters. The summed E-state index contributed by atoms with van der Waals surface area (Å²) < 4.78 is 0.997. The second-order valence-corrected chi connectivity index (χ2v) is 9.13.